The second-order valence-electron chi connectivity index (χ2n) is 4.43. The lowest BCUT2D eigenvalue weighted by molar-refractivity contribution is 0.297. The van der Waals surface area contributed by atoms with Crippen LogP contribution in [0.3, 0.4) is 0 Å². The Hall–Kier alpha value is 0.0300. The predicted molar refractivity (Wildman–Crippen MR) is 92.6 cm³/mol. The summed E-state index contributed by atoms with van der Waals surface area (Å²) in [6, 6.07) is 4.17. The van der Waals surface area contributed by atoms with Crippen molar-refractivity contribution in [3.63, 3.8) is 0 Å². The third kappa shape index (κ3) is 5.90. The van der Waals surface area contributed by atoms with Gasteiger partial charge < -0.3 is 9.47 Å². The van der Waals surface area contributed by atoms with Crippen LogP contribution in [-0.2, 0) is 5.33 Å². The van der Waals surface area contributed by atoms with Gasteiger partial charge in [-0.1, -0.05) is 42.6 Å². The molecule has 0 radical (unpaired) electrons. The molecule has 108 valence electrons. The molecule has 0 bridgehead atoms. The summed E-state index contributed by atoms with van der Waals surface area (Å²) >= 11 is 5.83. The highest BCUT2D eigenvalue weighted by atomic mass is 127. The van der Waals surface area contributed by atoms with Crippen LogP contribution in [0, 0.1) is 3.57 Å². The monoisotopic (exact) mass is 440 g/mol. The van der Waals surface area contributed by atoms with E-state index in [1.54, 1.807) is 0 Å². The smallest absolute Gasteiger partial charge is 0.133 e. The quantitative estimate of drug-likeness (QED) is 0.285. The molecule has 0 fully saturated rings. The van der Waals surface area contributed by atoms with E-state index in [0.29, 0.717) is 0 Å². The minimum atomic E-state index is 0.780. The fraction of sp³-hybridized carbons (Fsp3) is 0.600. The van der Waals surface area contributed by atoms with E-state index in [-0.39, 0.29) is 0 Å². The lowest BCUT2D eigenvalue weighted by atomic mass is 10.2. The largest absolute Gasteiger partial charge is 0.493 e. The van der Waals surface area contributed by atoms with E-state index in [1.165, 1.54) is 0 Å². The van der Waals surface area contributed by atoms with Crippen molar-refractivity contribution < 1.29 is 9.47 Å². The summed E-state index contributed by atoms with van der Waals surface area (Å²) in [7, 11) is 0. The first-order valence-electron chi connectivity index (χ1n) is 6.86. The van der Waals surface area contributed by atoms with Crippen LogP contribution in [0.25, 0.3) is 0 Å². The third-order valence-electron chi connectivity index (χ3n) is 2.77. The average Bonchev–Trinajstić information content (AvgIpc) is 2.41. The first-order chi connectivity index (χ1) is 9.22. The van der Waals surface area contributed by atoms with Crippen LogP contribution in [-0.4, -0.2) is 13.2 Å². The number of hydrogen-bond donors (Lipinski definition) is 0. The van der Waals surface area contributed by atoms with Crippen LogP contribution in [0.5, 0.6) is 11.5 Å². The van der Waals surface area contributed by atoms with Crippen molar-refractivity contribution in [3.05, 3.63) is 21.3 Å². The zero-order valence-electron chi connectivity index (χ0n) is 11.7. The Kier molecular flexibility index (Phi) is 8.86. The molecule has 0 spiro atoms. The second-order valence-corrected chi connectivity index (χ2v) is 6.15. The molecule has 0 saturated heterocycles. The molecule has 0 heterocycles. The molecule has 0 unspecified atom stereocenters. The maximum Gasteiger partial charge on any atom is 0.133 e. The molecule has 0 atom stereocenters. The molecular weight excluding hydrogens is 419 g/mol. The maximum atomic E-state index is 5.84. The fourth-order valence-electron chi connectivity index (χ4n) is 1.58. The minimum Gasteiger partial charge on any atom is -0.493 e. The SMILES string of the molecule is CCCCOc1cc(CBr)c(OCCCC)cc1I. The minimum absolute atomic E-state index is 0.780. The molecule has 0 amide bonds. The molecule has 0 aromatic heterocycles. The highest BCUT2D eigenvalue weighted by molar-refractivity contribution is 14.1. The van der Waals surface area contributed by atoms with Crippen molar-refractivity contribution in [3.8, 4) is 11.5 Å². The number of unbranched alkanes of at least 4 members (excludes halogenated alkanes) is 2. The number of alkyl halides is 1. The Balaban J connectivity index is 2.75. The first kappa shape index (κ1) is 17.1. The normalized spacial score (nSPS) is 10.5. The number of rotatable bonds is 9. The average molecular weight is 441 g/mol. The van der Waals surface area contributed by atoms with Crippen molar-refractivity contribution in [2.45, 2.75) is 44.9 Å². The fourth-order valence-corrected chi connectivity index (χ4v) is 2.61. The summed E-state index contributed by atoms with van der Waals surface area (Å²) in [5.74, 6) is 1.93. The van der Waals surface area contributed by atoms with Gasteiger partial charge in [-0.05, 0) is 47.6 Å². The standard InChI is InChI=1S/C15H22BrIO2/c1-3-5-7-18-14-10-13(17)15(9-12(14)11-16)19-8-6-4-2/h9-10H,3-8,11H2,1-2H3. The maximum absolute atomic E-state index is 5.84. The summed E-state index contributed by atoms with van der Waals surface area (Å²) in [6.45, 7) is 5.90. The Bertz CT molecular complexity index is 383. The highest BCUT2D eigenvalue weighted by Gasteiger charge is 2.10. The van der Waals surface area contributed by atoms with Crippen molar-refractivity contribution >= 4 is 38.5 Å². The number of benzene rings is 1. The van der Waals surface area contributed by atoms with E-state index in [1.807, 2.05) is 0 Å². The van der Waals surface area contributed by atoms with Crippen LogP contribution in [0.2, 0.25) is 0 Å². The number of halogens is 2. The molecule has 0 N–H and O–H groups in total. The van der Waals surface area contributed by atoms with E-state index in [0.717, 1.165) is 64.9 Å². The van der Waals surface area contributed by atoms with Gasteiger partial charge in [-0.25, -0.2) is 0 Å². The topological polar surface area (TPSA) is 18.5 Å². The van der Waals surface area contributed by atoms with E-state index < -0.39 is 0 Å². The van der Waals surface area contributed by atoms with Gasteiger partial charge in [0.1, 0.15) is 11.5 Å². The van der Waals surface area contributed by atoms with Crippen molar-refractivity contribution in [1.82, 2.24) is 0 Å². The predicted octanol–water partition coefficient (Wildman–Crippen LogP) is 5.54. The van der Waals surface area contributed by atoms with Gasteiger partial charge in [0, 0.05) is 10.9 Å². The second kappa shape index (κ2) is 9.86. The first-order valence-corrected chi connectivity index (χ1v) is 9.06. The Morgan fingerprint density at radius 3 is 2.11 bits per heavy atom. The van der Waals surface area contributed by atoms with Crippen LogP contribution in [0.1, 0.15) is 45.1 Å². The summed E-state index contributed by atoms with van der Waals surface area (Å²) in [6.07, 6.45) is 4.49. The van der Waals surface area contributed by atoms with Gasteiger partial charge in [0.05, 0.1) is 16.8 Å². The summed E-state index contributed by atoms with van der Waals surface area (Å²) < 4.78 is 12.8. The van der Waals surface area contributed by atoms with Crippen molar-refractivity contribution in [1.29, 1.82) is 0 Å². The van der Waals surface area contributed by atoms with E-state index in [2.05, 4.69) is 64.5 Å². The summed E-state index contributed by atoms with van der Waals surface area (Å²) in [4.78, 5) is 0. The zero-order valence-corrected chi connectivity index (χ0v) is 15.4. The van der Waals surface area contributed by atoms with Gasteiger partial charge in [0.25, 0.3) is 0 Å². The van der Waals surface area contributed by atoms with Crippen LogP contribution < -0.4 is 9.47 Å². The van der Waals surface area contributed by atoms with Crippen LogP contribution >= 0.6 is 38.5 Å². The number of hydrogen-bond acceptors (Lipinski definition) is 2. The molecule has 0 saturated carbocycles. The van der Waals surface area contributed by atoms with Gasteiger partial charge in [-0.15, -0.1) is 0 Å². The molecule has 1 rings (SSSR count). The molecular formula is C15H22BrIO2. The lowest BCUT2D eigenvalue weighted by Crippen LogP contribution is -2.03. The van der Waals surface area contributed by atoms with E-state index in [9.17, 15) is 0 Å². The summed E-state index contributed by atoms with van der Waals surface area (Å²) in [5, 5.41) is 0.787. The lowest BCUT2D eigenvalue weighted by Gasteiger charge is -2.14. The Morgan fingerprint density at radius 1 is 1.00 bits per heavy atom. The van der Waals surface area contributed by atoms with Gasteiger partial charge in [0.2, 0.25) is 0 Å². The van der Waals surface area contributed by atoms with Crippen molar-refractivity contribution in [2.75, 3.05) is 13.2 Å². The molecule has 19 heavy (non-hydrogen) atoms. The molecule has 0 aliphatic heterocycles. The Morgan fingerprint density at radius 2 is 1.58 bits per heavy atom. The molecule has 0 aliphatic carbocycles. The molecule has 0 aliphatic rings. The van der Waals surface area contributed by atoms with E-state index >= 15 is 0 Å². The highest BCUT2D eigenvalue weighted by Crippen LogP contribution is 2.32. The molecule has 4 heteroatoms. The van der Waals surface area contributed by atoms with Crippen LogP contribution in [0.15, 0.2) is 12.1 Å². The molecule has 1 aromatic rings. The van der Waals surface area contributed by atoms with Gasteiger partial charge >= 0.3 is 0 Å². The zero-order chi connectivity index (χ0) is 14.1. The Labute approximate surface area is 138 Å². The van der Waals surface area contributed by atoms with Crippen LogP contribution in [0.4, 0.5) is 0 Å². The van der Waals surface area contributed by atoms with Gasteiger partial charge in [0.15, 0.2) is 0 Å². The van der Waals surface area contributed by atoms with Gasteiger partial charge in [-0.2, -0.15) is 0 Å². The van der Waals surface area contributed by atoms with Crippen molar-refractivity contribution in [2.24, 2.45) is 0 Å². The van der Waals surface area contributed by atoms with E-state index in [4.69, 9.17) is 9.47 Å². The third-order valence-corrected chi connectivity index (χ3v) is 4.22. The number of ether oxygens (including phenoxy) is 2. The van der Waals surface area contributed by atoms with Gasteiger partial charge in [-0.3, -0.25) is 0 Å². The molecule has 1 aromatic carbocycles. The summed E-state index contributed by atoms with van der Waals surface area (Å²) in [5.41, 5.74) is 1.16. The molecule has 2 nitrogen and oxygen atoms in total.